The molecule has 1 saturated heterocycles. The summed E-state index contributed by atoms with van der Waals surface area (Å²) in [4.78, 5) is 15.5. The number of likely N-dealkylation sites (tertiary alicyclic amines) is 1. The number of nitrogens with zero attached hydrogens (tertiary/aromatic N) is 2. The number of rotatable bonds is 2. The molecule has 4 nitrogen and oxygen atoms in total. The Kier molecular flexibility index (Phi) is 3.89. The van der Waals surface area contributed by atoms with Crippen molar-refractivity contribution in [3.05, 3.63) is 0 Å². The van der Waals surface area contributed by atoms with Gasteiger partial charge in [0.15, 0.2) is 0 Å². The van der Waals surface area contributed by atoms with Crippen molar-refractivity contribution < 1.29 is 4.79 Å². The highest BCUT2D eigenvalue weighted by atomic mass is 16.2. The standard InChI is InChI=1S/C10H21N3O/c1-8(10(14)12(2)3)13-6-4-9(11)5-7-13/h8-9H,4-7,11H2,1-3H3. The van der Waals surface area contributed by atoms with Gasteiger partial charge < -0.3 is 10.6 Å². The van der Waals surface area contributed by atoms with Crippen LogP contribution < -0.4 is 5.73 Å². The van der Waals surface area contributed by atoms with Crippen molar-refractivity contribution in [2.24, 2.45) is 5.73 Å². The zero-order chi connectivity index (χ0) is 10.7. The molecular formula is C10H21N3O. The van der Waals surface area contributed by atoms with Gasteiger partial charge in [-0.2, -0.15) is 0 Å². The number of hydrogen-bond acceptors (Lipinski definition) is 3. The van der Waals surface area contributed by atoms with E-state index in [4.69, 9.17) is 5.73 Å². The van der Waals surface area contributed by atoms with Crippen LogP contribution in [0.1, 0.15) is 19.8 Å². The Morgan fingerprint density at radius 3 is 2.36 bits per heavy atom. The molecule has 1 fully saturated rings. The molecule has 0 aromatic rings. The predicted octanol–water partition coefficient (Wildman–Crippen LogP) is -0.114. The van der Waals surface area contributed by atoms with E-state index in [1.54, 1.807) is 19.0 Å². The minimum atomic E-state index is -0.00231. The van der Waals surface area contributed by atoms with Crippen LogP contribution in [0, 0.1) is 0 Å². The number of nitrogens with two attached hydrogens (primary N) is 1. The summed E-state index contributed by atoms with van der Waals surface area (Å²) in [6.07, 6.45) is 2.01. The SMILES string of the molecule is CC(C(=O)N(C)C)N1CCC(N)CC1. The average Bonchev–Trinajstić information content (AvgIpc) is 2.16. The topological polar surface area (TPSA) is 49.6 Å². The molecule has 0 aromatic carbocycles. The fraction of sp³-hybridized carbons (Fsp3) is 0.900. The van der Waals surface area contributed by atoms with E-state index in [9.17, 15) is 4.79 Å². The molecule has 1 aliphatic rings. The first kappa shape index (κ1) is 11.5. The minimum absolute atomic E-state index is 0.00231. The first-order chi connectivity index (χ1) is 6.52. The Hall–Kier alpha value is -0.610. The van der Waals surface area contributed by atoms with Crippen molar-refractivity contribution in [2.45, 2.75) is 31.8 Å². The van der Waals surface area contributed by atoms with Gasteiger partial charge in [0.1, 0.15) is 0 Å². The molecule has 0 bridgehead atoms. The van der Waals surface area contributed by atoms with Gasteiger partial charge in [-0.25, -0.2) is 0 Å². The number of piperidine rings is 1. The zero-order valence-electron chi connectivity index (χ0n) is 9.36. The first-order valence-electron chi connectivity index (χ1n) is 5.23. The molecule has 0 spiro atoms. The third-order valence-electron chi connectivity index (χ3n) is 2.92. The fourth-order valence-corrected chi connectivity index (χ4v) is 1.84. The van der Waals surface area contributed by atoms with Crippen LogP contribution in [0.5, 0.6) is 0 Å². The van der Waals surface area contributed by atoms with E-state index >= 15 is 0 Å². The molecule has 0 saturated carbocycles. The van der Waals surface area contributed by atoms with Gasteiger partial charge in [-0.3, -0.25) is 9.69 Å². The molecule has 1 amide bonds. The van der Waals surface area contributed by atoms with Crippen LogP contribution in [0.25, 0.3) is 0 Å². The smallest absolute Gasteiger partial charge is 0.239 e. The van der Waals surface area contributed by atoms with Crippen LogP contribution in [-0.4, -0.2) is 55.0 Å². The van der Waals surface area contributed by atoms with Crippen molar-refractivity contribution >= 4 is 5.91 Å². The molecule has 1 aliphatic heterocycles. The summed E-state index contributed by atoms with van der Waals surface area (Å²) in [6, 6.07) is 0.324. The van der Waals surface area contributed by atoms with Crippen LogP contribution in [0.2, 0.25) is 0 Å². The van der Waals surface area contributed by atoms with Gasteiger partial charge in [0, 0.05) is 33.2 Å². The van der Waals surface area contributed by atoms with Crippen molar-refractivity contribution in [3.63, 3.8) is 0 Å². The Labute approximate surface area is 86.0 Å². The highest BCUT2D eigenvalue weighted by Gasteiger charge is 2.25. The maximum atomic E-state index is 11.7. The summed E-state index contributed by atoms with van der Waals surface area (Å²) in [5.41, 5.74) is 5.81. The van der Waals surface area contributed by atoms with Gasteiger partial charge in [0.2, 0.25) is 5.91 Å². The van der Waals surface area contributed by atoms with Crippen LogP contribution in [0.4, 0.5) is 0 Å². The van der Waals surface area contributed by atoms with Gasteiger partial charge >= 0.3 is 0 Å². The molecule has 1 rings (SSSR count). The van der Waals surface area contributed by atoms with Crippen molar-refractivity contribution in [2.75, 3.05) is 27.2 Å². The van der Waals surface area contributed by atoms with Crippen molar-refractivity contribution in [3.8, 4) is 0 Å². The van der Waals surface area contributed by atoms with Gasteiger partial charge in [-0.1, -0.05) is 0 Å². The fourth-order valence-electron chi connectivity index (χ4n) is 1.84. The largest absolute Gasteiger partial charge is 0.347 e. The second-order valence-corrected chi connectivity index (χ2v) is 4.28. The Balaban J connectivity index is 2.45. The molecule has 1 unspecified atom stereocenters. The first-order valence-corrected chi connectivity index (χ1v) is 5.23. The predicted molar refractivity (Wildman–Crippen MR) is 56.9 cm³/mol. The molecule has 4 heteroatoms. The molecule has 0 aromatic heterocycles. The van der Waals surface area contributed by atoms with E-state index in [2.05, 4.69) is 4.90 Å². The highest BCUT2D eigenvalue weighted by molar-refractivity contribution is 5.80. The van der Waals surface area contributed by atoms with Gasteiger partial charge in [0.05, 0.1) is 6.04 Å². The third-order valence-corrected chi connectivity index (χ3v) is 2.92. The van der Waals surface area contributed by atoms with Crippen LogP contribution in [0.3, 0.4) is 0 Å². The Bertz CT molecular complexity index is 198. The van der Waals surface area contributed by atoms with Gasteiger partial charge in [-0.15, -0.1) is 0 Å². The minimum Gasteiger partial charge on any atom is -0.347 e. The molecule has 1 atom stereocenters. The molecule has 2 N–H and O–H groups in total. The van der Waals surface area contributed by atoms with E-state index in [0.29, 0.717) is 6.04 Å². The maximum absolute atomic E-state index is 11.7. The van der Waals surface area contributed by atoms with E-state index in [0.717, 1.165) is 25.9 Å². The summed E-state index contributed by atoms with van der Waals surface area (Å²) in [5.74, 6) is 0.181. The lowest BCUT2D eigenvalue weighted by atomic mass is 10.0. The quantitative estimate of drug-likeness (QED) is 0.675. The molecular weight excluding hydrogens is 178 g/mol. The van der Waals surface area contributed by atoms with E-state index in [1.807, 2.05) is 6.92 Å². The van der Waals surface area contributed by atoms with Crippen LogP contribution in [0.15, 0.2) is 0 Å². The molecule has 0 radical (unpaired) electrons. The summed E-state index contributed by atoms with van der Waals surface area (Å²) >= 11 is 0. The Morgan fingerprint density at radius 1 is 1.43 bits per heavy atom. The van der Waals surface area contributed by atoms with E-state index in [1.165, 1.54) is 0 Å². The molecule has 1 heterocycles. The maximum Gasteiger partial charge on any atom is 0.239 e. The van der Waals surface area contributed by atoms with Gasteiger partial charge in [0.25, 0.3) is 0 Å². The summed E-state index contributed by atoms with van der Waals surface area (Å²) in [5, 5.41) is 0. The summed E-state index contributed by atoms with van der Waals surface area (Å²) < 4.78 is 0. The monoisotopic (exact) mass is 199 g/mol. The number of likely N-dealkylation sites (N-methyl/N-ethyl adjacent to an activating group) is 1. The lowest BCUT2D eigenvalue weighted by Crippen LogP contribution is -2.49. The Morgan fingerprint density at radius 2 is 1.93 bits per heavy atom. The van der Waals surface area contributed by atoms with E-state index in [-0.39, 0.29) is 11.9 Å². The lowest BCUT2D eigenvalue weighted by Gasteiger charge is -2.34. The second kappa shape index (κ2) is 4.75. The average molecular weight is 199 g/mol. The van der Waals surface area contributed by atoms with Crippen LogP contribution >= 0.6 is 0 Å². The van der Waals surface area contributed by atoms with Crippen LogP contribution in [-0.2, 0) is 4.79 Å². The van der Waals surface area contributed by atoms with E-state index < -0.39 is 0 Å². The number of amides is 1. The number of carbonyl (C=O) groups excluding carboxylic acids is 1. The second-order valence-electron chi connectivity index (χ2n) is 4.28. The molecule has 0 aliphatic carbocycles. The number of carbonyl (C=O) groups is 1. The van der Waals surface area contributed by atoms with Crippen molar-refractivity contribution in [1.29, 1.82) is 0 Å². The number of hydrogen-bond donors (Lipinski definition) is 1. The normalized spacial score (nSPS) is 22.0. The zero-order valence-corrected chi connectivity index (χ0v) is 9.36. The molecule has 82 valence electrons. The van der Waals surface area contributed by atoms with Crippen molar-refractivity contribution in [1.82, 2.24) is 9.80 Å². The highest BCUT2D eigenvalue weighted by Crippen LogP contribution is 2.12. The molecule has 14 heavy (non-hydrogen) atoms. The third kappa shape index (κ3) is 2.69. The summed E-state index contributed by atoms with van der Waals surface area (Å²) in [6.45, 7) is 3.86. The summed E-state index contributed by atoms with van der Waals surface area (Å²) in [7, 11) is 3.60. The lowest BCUT2D eigenvalue weighted by molar-refractivity contribution is -0.134. The van der Waals surface area contributed by atoms with Gasteiger partial charge in [-0.05, 0) is 19.8 Å².